The van der Waals surface area contributed by atoms with Crippen LogP contribution in [-0.2, 0) is 11.3 Å². The standard InChI is InChI=1S/C20H19N3O2/c1-15(25-18-5-3-2-4-6-18)20(24)23-14-16-7-12-22-19(13-16)17-8-10-21-11-9-17/h2-13,15H,14H2,1H3,(H,23,24)/t15-/m0/s1. The van der Waals surface area contributed by atoms with Crippen LogP contribution in [0.15, 0.2) is 73.2 Å². The van der Waals surface area contributed by atoms with Gasteiger partial charge < -0.3 is 10.1 Å². The first-order valence-electron chi connectivity index (χ1n) is 8.07. The molecule has 1 atom stereocenters. The van der Waals surface area contributed by atoms with Gasteiger partial charge in [-0.15, -0.1) is 0 Å². The van der Waals surface area contributed by atoms with Gasteiger partial charge in [0, 0.05) is 30.7 Å². The van der Waals surface area contributed by atoms with E-state index in [0.717, 1.165) is 16.8 Å². The number of carbonyl (C=O) groups is 1. The zero-order valence-electron chi connectivity index (χ0n) is 13.9. The highest BCUT2D eigenvalue weighted by atomic mass is 16.5. The number of carbonyl (C=O) groups excluding carboxylic acids is 1. The number of pyridine rings is 2. The van der Waals surface area contributed by atoms with E-state index in [1.807, 2.05) is 54.6 Å². The second-order valence-corrected chi connectivity index (χ2v) is 5.58. The van der Waals surface area contributed by atoms with Crippen LogP contribution >= 0.6 is 0 Å². The van der Waals surface area contributed by atoms with Crippen LogP contribution in [0, 0.1) is 0 Å². The van der Waals surface area contributed by atoms with Gasteiger partial charge in [-0.3, -0.25) is 14.8 Å². The van der Waals surface area contributed by atoms with Crippen molar-refractivity contribution in [3.63, 3.8) is 0 Å². The van der Waals surface area contributed by atoms with Gasteiger partial charge >= 0.3 is 0 Å². The highest BCUT2D eigenvalue weighted by Crippen LogP contribution is 2.16. The van der Waals surface area contributed by atoms with Crippen molar-refractivity contribution in [1.82, 2.24) is 15.3 Å². The molecule has 1 N–H and O–H groups in total. The quantitative estimate of drug-likeness (QED) is 0.752. The van der Waals surface area contributed by atoms with Crippen LogP contribution in [0.3, 0.4) is 0 Å². The van der Waals surface area contributed by atoms with E-state index in [2.05, 4.69) is 15.3 Å². The van der Waals surface area contributed by atoms with Crippen molar-refractivity contribution in [3.05, 3.63) is 78.8 Å². The molecule has 5 nitrogen and oxygen atoms in total. The second kappa shape index (κ2) is 8.06. The van der Waals surface area contributed by atoms with Crippen molar-refractivity contribution < 1.29 is 9.53 Å². The lowest BCUT2D eigenvalue weighted by Gasteiger charge is -2.14. The Bertz CT molecular complexity index is 823. The number of nitrogens with one attached hydrogen (secondary N) is 1. The lowest BCUT2D eigenvalue weighted by Crippen LogP contribution is -2.35. The number of hydrogen-bond donors (Lipinski definition) is 1. The molecule has 0 radical (unpaired) electrons. The minimum Gasteiger partial charge on any atom is -0.481 e. The molecule has 0 saturated heterocycles. The molecule has 0 aliphatic heterocycles. The average Bonchev–Trinajstić information content (AvgIpc) is 2.68. The lowest BCUT2D eigenvalue weighted by atomic mass is 10.1. The van der Waals surface area contributed by atoms with E-state index in [1.54, 1.807) is 25.5 Å². The predicted octanol–water partition coefficient (Wildman–Crippen LogP) is 3.23. The first kappa shape index (κ1) is 16.6. The van der Waals surface area contributed by atoms with Gasteiger partial charge in [-0.25, -0.2) is 0 Å². The van der Waals surface area contributed by atoms with Crippen molar-refractivity contribution in [3.8, 4) is 17.0 Å². The Morgan fingerprint density at radius 2 is 1.84 bits per heavy atom. The maximum atomic E-state index is 12.2. The second-order valence-electron chi connectivity index (χ2n) is 5.58. The summed E-state index contributed by atoms with van der Waals surface area (Å²) in [6.45, 7) is 2.15. The summed E-state index contributed by atoms with van der Waals surface area (Å²) in [4.78, 5) is 20.6. The van der Waals surface area contributed by atoms with Crippen molar-refractivity contribution in [2.45, 2.75) is 19.6 Å². The minimum atomic E-state index is -0.566. The number of rotatable bonds is 6. The number of nitrogens with zero attached hydrogens (tertiary/aromatic N) is 2. The fourth-order valence-corrected chi connectivity index (χ4v) is 2.35. The molecule has 0 bridgehead atoms. The molecule has 0 aliphatic carbocycles. The van der Waals surface area contributed by atoms with E-state index in [0.29, 0.717) is 12.3 Å². The Morgan fingerprint density at radius 1 is 1.08 bits per heavy atom. The van der Waals surface area contributed by atoms with Crippen molar-refractivity contribution >= 4 is 5.91 Å². The van der Waals surface area contributed by atoms with Gasteiger partial charge in [-0.2, -0.15) is 0 Å². The van der Waals surface area contributed by atoms with Crippen LogP contribution in [0.1, 0.15) is 12.5 Å². The van der Waals surface area contributed by atoms with E-state index in [1.165, 1.54) is 0 Å². The highest BCUT2D eigenvalue weighted by molar-refractivity contribution is 5.80. The van der Waals surface area contributed by atoms with Crippen molar-refractivity contribution in [1.29, 1.82) is 0 Å². The van der Waals surface area contributed by atoms with Crippen LogP contribution < -0.4 is 10.1 Å². The summed E-state index contributed by atoms with van der Waals surface area (Å²) >= 11 is 0. The number of amides is 1. The van der Waals surface area contributed by atoms with Crippen LogP contribution in [0.2, 0.25) is 0 Å². The molecule has 2 aromatic heterocycles. The van der Waals surface area contributed by atoms with Crippen LogP contribution in [0.4, 0.5) is 0 Å². The van der Waals surface area contributed by atoms with Crippen molar-refractivity contribution in [2.24, 2.45) is 0 Å². The molecule has 3 rings (SSSR count). The fourth-order valence-electron chi connectivity index (χ4n) is 2.35. The first-order valence-corrected chi connectivity index (χ1v) is 8.07. The van der Waals surface area contributed by atoms with E-state index in [9.17, 15) is 4.79 Å². The zero-order chi connectivity index (χ0) is 17.5. The van der Waals surface area contributed by atoms with E-state index in [-0.39, 0.29) is 5.91 Å². The predicted molar refractivity (Wildman–Crippen MR) is 95.8 cm³/mol. The fraction of sp³-hybridized carbons (Fsp3) is 0.150. The largest absolute Gasteiger partial charge is 0.481 e. The first-order chi connectivity index (χ1) is 12.2. The van der Waals surface area contributed by atoms with E-state index in [4.69, 9.17) is 4.74 Å². The van der Waals surface area contributed by atoms with Crippen LogP contribution in [0.25, 0.3) is 11.3 Å². The molecular formula is C20H19N3O2. The smallest absolute Gasteiger partial charge is 0.261 e. The molecule has 0 unspecified atom stereocenters. The van der Waals surface area contributed by atoms with Crippen molar-refractivity contribution in [2.75, 3.05) is 0 Å². The van der Waals surface area contributed by atoms with Crippen LogP contribution in [-0.4, -0.2) is 22.0 Å². The Balaban J connectivity index is 1.59. The average molecular weight is 333 g/mol. The molecule has 0 spiro atoms. The summed E-state index contributed by atoms with van der Waals surface area (Å²) in [6, 6.07) is 16.9. The molecule has 3 aromatic rings. The summed E-state index contributed by atoms with van der Waals surface area (Å²) in [5.74, 6) is 0.514. The molecule has 0 saturated carbocycles. The van der Waals surface area contributed by atoms with E-state index >= 15 is 0 Å². The topological polar surface area (TPSA) is 64.1 Å². The SMILES string of the molecule is C[C@H](Oc1ccccc1)C(=O)NCc1ccnc(-c2ccncc2)c1. The molecule has 0 aliphatic rings. The van der Waals surface area contributed by atoms with Gasteiger partial charge in [0.1, 0.15) is 5.75 Å². The Hall–Kier alpha value is -3.21. The Labute approximate surface area is 146 Å². The van der Waals surface area contributed by atoms with Gasteiger partial charge in [0.05, 0.1) is 5.69 Å². The third-order valence-corrected chi connectivity index (χ3v) is 3.69. The van der Waals surface area contributed by atoms with E-state index < -0.39 is 6.10 Å². The summed E-state index contributed by atoms with van der Waals surface area (Å²) < 4.78 is 5.63. The monoisotopic (exact) mass is 333 g/mol. The lowest BCUT2D eigenvalue weighted by molar-refractivity contribution is -0.127. The maximum absolute atomic E-state index is 12.2. The van der Waals surface area contributed by atoms with Gasteiger partial charge in [-0.05, 0) is 48.9 Å². The molecule has 1 amide bonds. The minimum absolute atomic E-state index is 0.161. The van der Waals surface area contributed by atoms with Gasteiger partial charge in [0.2, 0.25) is 0 Å². The zero-order valence-corrected chi connectivity index (χ0v) is 13.9. The summed E-state index contributed by atoms with van der Waals surface area (Å²) in [5, 5.41) is 2.89. The Kier molecular flexibility index (Phi) is 5.36. The molecule has 1 aromatic carbocycles. The maximum Gasteiger partial charge on any atom is 0.261 e. The van der Waals surface area contributed by atoms with Gasteiger partial charge in [-0.1, -0.05) is 18.2 Å². The molecule has 5 heteroatoms. The third-order valence-electron chi connectivity index (χ3n) is 3.69. The molecule has 2 heterocycles. The summed E-state index contributed by atoms with van der Waals surface area (Å²) in [7, 11) is 0. The molecular weight excluding hydrogens is 314 g/mol. The summed E-state index contributed by atoms with van der Waals surface area (Å²) in [5.41, 5.74) is 2.81. The highest BCUT2D eigenvalue weighted by Gasteiger charge is 2.14. The number of ether oxygens (including phenoxy) is 1. The number of hydrogen-bond acceptors (Lipinski definition) is 4. The van der Waals surface area contributed by atoms with Gasteiger partial charge in [0.25, 0.3) is 5.91 Å². The van der Waals surface area contributed by atoms with Gasteiger partial charge in [0.15, 0.2) is 6.10 Å². The Morgan fingerprint density at radius 3 is 2.60 bits per heavy atom. The summed E-state index contributed by atoms with van der Waals surface area (Å²) in [6.07, 6.45) is 4.63. The van der Waals surface area contributed by atoms with Crippen LogP contribution in [0.5, 0.6) is 5.75 Å². The molecule has 25 heavy (non-hydrogen) atoms. The molecule has 126 valence electrons. The number of benzene rings is 1. The third kappa shape index (κ3) is 4.64. The molecule has 0 fully saturated rings. The number of aromatic nitrogens is 2. The number of para-hydroxylation sites is 1. The normalized spacial score (nSPS) is 11.6.